The topological polar surface area (TPSA) is 41.6 Å². The number of nitrogens with two attached hydrogens (primary N) is 1. The van der Waals surface area contributed by atoms with Crippen molar-refractivity contribution in [3.05, 3.63) is 30.3 Å². The van der Waals surface area contributed by atoms with Crippen LogP contribution in [0, 0.1) is 5.41 Å². The van der Waals surface area contributed by atoms with Gasteiger partial charge in [0.2, 0.25) is 0 Å². The van der Waals surface area contributed by atoms with Crippen LogP contribution >= 0.6 is 0 Å². The third-order valence-corrected chi connectivity index (χ3v) is 4.65. The molecule has 0 aliphatic carbocycles. The van der Waals surface area contributed by atoms with E-state index in [1.807, 2.05) is 30.3 Å². The maximum atomic E-state index is 6.31. The first-order chi connectivity index (χ1) is 9.90. The molecule has 3 heteroatoms. The number of aliphatic imine (C=N–C) groups is 1. The summed E-state index contributed by atoms with van der Waals surface area (Å²) in [5.74, 6) is 0.721. The van der Waals surface area contributed by atoms with E-state index in [1.54, 1.807) is 0 Å². The Balaban J connectivity index is 2.11. The minimum absolute atomic E-state index is 0.115. The minimum atomic E-state index is -0.115. The zero-order valence-corrected chi connectivity index (χ0v) is 13.8. The molecule has 2 rings (SSSR count). The third-order valence-electron chi connectivity index (χ3n) is 4.65. The molecule has 21 heavy (non-hydrogen) atoms. The van der Waals surface area contributed by atoms with E-state index in [9.17, 15) is 0 Å². The van der Waals surface area contributed by atoms with Crippen LogP contribution in [0.2, 0.25) is 0 Å². The molecular weight excluding hydrogens is 258 g/mol. The number of hydrogen-bond acceptors (Lipinski definition) is 2. The first-order valence-corrected chi connectivity index (χ1v) is 8.05. The summed E-state index contributed by atoms with van der Waals surface area (Å²) in [6.07, 6.45) is 3.92. The van der Waals surface area contributed by atoms with Gasteiger partial charge in [-0.1, -0.05) is 38.5 Å². The van der Waals surface area contributed by atoms with Crippen molar-refractivity contribution in [2.45, 2.75) is 59.0 Å². The normalized spacial score (nSPS) is 25.0. The summed E-state index contributed by atoms with van der Waals surface area (Å²) in [5, 5.41) is 0. The molecule has 0 saturated carbocycles. The number of benzene rings is 1. The molecule has 1 fully saturated rings. The van der Waals surface area contributed by atoms with Crippen molar-refractivity contribution in [2.75, 3.05) is 6.54 Å². The number of para-hydroxylation sites is 1. The van der Waals surface area contributed by atoms with Crippen LogP contribution in [0.5, 0.6) is 0 Å². The molecule has 1 heterocycles. The lowest BCUT2D eigenvalue weighted by atomic mass is 9.87. The molecular formula is C18H29N3. The molecule has 3 nitrogen and oxygen atoms in total. The Kier molecular flexibility index (Phi) is 5.04. The van der Waals surface area contributed by atoms with Gasteiger partial charge in [-0.15, -0.1) is 0 Å². The van der Waals surface area contributed by atoms with E-state index in [4.69, 9.17) is 5.73 Å². The fourth-order valence-electron chi connectivity index (χ4n) is 3.12. The van der Waals surface area contributed by atoms with Crippen LogP contribution in [0.3, 0.4) is 0 Å². The summed E-state index contributed by atoms with van der Waals surface area (Å²) in [5.41, 5.74) is 7.13. The first kappa shape index (κ1) is 16.0. The number of amidine groups is 1. The molecule has 1 aromatic carbocycles. The number of likely N-dealkylation sites (tertiary alicyclic amines) is 1. The van der Waals surface area contributed by atoms with E-state index >= 15 is 0 Å². The quantitative estimate of drug-likeness (QED) is 0.672. The zero-order valence-electron chi connectivity index (χ0n) is 13.8. The summed E-state index contributed by atoms with van der Waals surface area (Å²) in [7, 11) is 0. The summed E-state index contributed by atoms with van der Waals surface area (Å²) >= 11 is 0. The van der Waals surface area contributed by atoms with E-state index < -0.39 is 0 Å². The molecule has 1 aliphatic heterocycles. The van der Waals surface area contributed by atoms with Crippen molar-refractivity contribution < 1.29 is 0 Å². The van der Waals surface area contributed by atoms with Crippen LogP contribution in [-0.2, 0) is 0 Å². The van der Waals surface area contributed by atoms with Crippen molar-refractivity contribution in [3.8, 4) is 0 Å². The standard InChI is InChI=1S/C18H29N3/c1-14-9-8-10-15(2)21(14)13-18(3,4)17(19)20-16-11-6-5-7-12-16/h5-7,11-12,14-15H,8-10,13H2,1-4H3,(H2,19,20)/t14-,15+. The number of hydrogen-bond donors (Lipinski definition) is 1. The third kappa shape index (κ3) is 4.07. The Labute approximate surface area is 129 Å². The maximum absolute atomic E-state index is 6.31. The van der Waals surface area contributed by atoms with Crippen LogP contribution < -0.4 is 5.73 Å². The Morgan fingerprint density at radius 2 is 1.76 bits per heavy atom. The highest BCUT2D eigenvalue weighted by atomic mass is 15.2. The van der Waals surface area contributed by atoms with Gasteiger partial charge in [-0.05, 0) is 38.8 Å². The smallest absolute Gasteiger partial charge is 0.107 e. The highest BCUT2D eigenvalue weighted by molar-refractivity contribution is 5.88. The Morgan fingerprint density at radius 3 is 2.33 bits per heavy atom. The van der Waals surface area contributed by atoms with Gasteiger partial charge in [-0.25, -0.2) is 4.99 Å². The Bertz CT molecular complexity index is 468. The Morgan fingerprint density at radius 1 is 1.19 bits per heavy atom. The second-order valence-electron chi connectivity index (χ2n) is 7.02. The van der Waals surface area contributed by atoms with Gasteiger partial charge in [-0.3, -0.25) is 4.90 Å². The second-order valence-corrected chi connectivity index (χ2v) is 7.02. The van der Waals surface area contributed by atoms with Gasteiger partial charge in [-0.2, -0.15) is 0 Å². The Hall–Kier alpha value is -1.35. The maximum Gasteiger partial charge on any atom is 0.107 e. The molecule has 1 aliphatic rings. The van der Waals surface area contributed by atoms with Gasteiger partial charge in [0.25, 0.3) is 0 Å². The van der Waals surface area contributed by atoms with E-state index in [1.165, 1.54) is 19.3 Å². The summed E-state index contributed by atoms with van der Waals surface area (Å²) < 4.78 is 0. The van der Waals surface area contributed by atoms with Crippen LogP contribution in [0.25, 0.3) is 0 Å². The predicted molar refractivity (Wildman–Crippen MR) is 91.0 cm³/mol. The molecule has 0 amide bonds. The van der Waals surface area contributed by atoms with Gasteiger partial charge < -0.3 is 5.73 Å². The average molecular weight is 287 g/mol. The fourth-order valence-corrected chi connectivity index (χ4v) is 3.12. The molecule has 1 saturated heterocycles. The lowest BCUT2D eigenvalue weighted by molar-refractivity contribution is 0.0784. The van der Waals surface area contributed by atoms with Crippen molar-refractivity contribution in [2.24, 2.45) is 16.1 Å². The van der Waals surface area contributed by atoms with Crippen LogP contribution in [0.4, 0.5) is 5.69 Å². The van der Waals surface area contributed by atoms with Crippen molar-refractivity contribution in [3.63, 3.8) is 0 Å². The van der Waals surface area contributed by atoms with Gasteiger partial charge in [0.1, 0.15) is 5.84 Å². The van der Waals surface area contributed by atoms with Crippen molar-refractivity contribution in [1.29, 1.82) is 0 Å². The number of nitrogens with zero attached hydrogens (tertiary/aromatic N) is 2. The van der Waals surface area contributed by atoms with Crippen LogP contribution in [0.1, 0.15) is 47.0 Å². The van der Waals surface area contributed by atoms with E-state index in [0.717, 1.165) is 18.1 Å². The largest absolute Gasteiger partial charge is 0.387 e. The van der Waals surface area contributed by atoms with Gasteiger partial charge in [0, 0.05) is 24.0 Å². The highest BCUT2D eigenvalue weighted by Crippen LogP contribution is 2.28. The molecule has 0 unspecified atom stereocenters. The molecule has 0 aromatic heterocycles. The summed E-state index contributed by atoms with van der Waals surface area (Å²) in [4.78, 5) is 7.21. The summed E-state index contributed by atoms with van der Waals surface area (Å²) in [6, 6.07) is 11.2. The molecule has 1 aromatic rings. The van der Waals surface area contributed by atoms with Crippen LogP contribution in [-0.4, -0.2) is 29.4 Å². The summed E-state index contributed by atoms with van der Waals surface area (Å²) in [6.45, 7) is 10.0. The second kappa shape index (κ2) is 6.61. The number of piperidine rings is 1. The van der Waals surface area contributed by atoms with Crippen molar-refractivity contribution >= 4 is 11.5 Å². The fraction of sp³-hybridized carbons (Fsp3) is 0.611. The van der Waals surface area contributed by atoms with E-state index in [0.29, 0.717) is 12.1 Å². The predicted octanol–water partition coefficient (Wildman–Crippen LogP) is 3.96. The van der Waals surface area contributed by atoms with Gasteiger partial charge in [0.15, 0.2) is 0 Å². The molecule has 2 atom stereocenters. The van der Waals surface area contributed by atoms with Gasteiger partial charge in [0.05, 0.1) is 5.69 Å². The monoisotopic (exact) mass is 287 g/mol. The van der Waals surface area contributed by atoms with E-state index in [2.05, 4.69) is 37.6 Å². The lowest BCUT2D eigenvalue weighted by Gasteiger charge is -2.43. The minimum Gasteiger partial charge on any atom is -0.387 e. The molecule has 116 valence electrons. The average Bonchev–Trinajstić information content (AvgIpc) is 2.44. The van der Waals surface area contributed by atoms with Crippen molar-refractivity contribution in [1.82, 2.24) is 4.90 Å². The first-order valence-electron chi connectivity index (χ1n) is 8.05. The number of rotatable bonds is 4. The highest BCUT2D eigenvalue weighted by Gasteiger charge is 2.32. The van der Waals surface area contributed by atoms with Crippen LogP contribution in [0.15, 0.2) is 35.3 Å². The molecule has 0 bridgehead atoms. The molecule has 2 N–H and O–H groups in total. The van der Waals surface area contributed by atoms with Gasteiger partial charge >= 0.3 is 0 Å². The lowest BCUT2D eigenvalue weighted by Crippen LogP contribution is -2.51. The SMILES string of the molecule is C[C@@H]1CCC[C@H](C)N1CC(C)(C)C(N)=Nc1ccccc1. The van der Waals surface area contributed by atoms with E-state index in [-0.39, 0.29) is 5.41 Å². The molecule has 0 radical (unpaired) electrons. The zero-order chi connectivity index (χ0) is 15.5. The molecule has 0 spiro atoms.